The van der Waals surface area contributed by atoms with Gasteiger partial charge in [-0.25, -0.2) is 0 Å². The summed E-state index contributed by atoms with van der Waals surface area (Å²) < 4.78 is 10.4. The van der Waals surface area contributed by atoms with E-state index in [1.165, 1.54) is 0 Å². The Hall–Kier alpha value is -0.610. The normalized spacial score (nSPS) is 11.6. The summed E-state index contributed by atoms with van der Waals surface area (Å²) in [6.45, 7) is 7.09. The number of carboxylic acid groups (broad SMARTS) is 1. The summed E-state index contributed by atoms with van der Waals surface area (Å²) in [5.41, 5.74) is -0.157. The van der Waals surface area contributed by atoms with Gasteiger partial charge in [-0.15, -0.1) is 0 Å². The maximum absolute atomic E-state index is 10.1. The third-order valence-electron chi connectivity index (χ3n) is 1.22. The number of hydrogen-bond donors (Lipinski definition) is 1. The van der Waals surface area contributed by atoms with Crippen molar-refractivity contribution in [3.63, 3.8) is 0 Å². The van der Waals surface area contributed by atoms with E-state index in [9.17, 15) is 4.79 Å². The Morgan fingerprint density at radius 3 is 2.31 bits per heavy atom. The third kappa shape index (κ3) is 11.4. The first-order valence-corrected chi connectivity index (χ1v) is 4.35. The zero-order chi connectivity index (χ0) is 10.3. The van der Waals surface area contributed by atoms with E-state index in [0.717, 1.165) is 0 Å². The predicted octanol–water partition coefficient (Wildman–Crippen LogP) is 1.29. The predicted molar refractivity (Wildman–Crippen MR) is 48.8 cm³/mol. The summed E-state index contributed by atoms with van der Waals surface area (Å²) in [5.74, 6) is -0.836. The fourth-order valence-electron chi connectivity index (χ4n) is 0.668. The van der Waals surface area contributed by atoms with Crippen LogP contribution in [0.25, 0.3) is 0 Å². The summed E-state index contributed by atoms with van der Waals surface area (Å²) in [6.07, 6.45) is 0.0511. The van der Waals surface area contributed by atoms with E-state index in [2.05, 4.69) is 0 Å². The molecule has 0 heterocycles. The van der Waals surface area contributed by atoms with Crippen LogP contribution in [0.15, 0.2) is 0 Å². The molecule has 78 valence electrons. The molecule has 0 aromatic heterocycles. The first-order valence-electron chi connectivity index (χ1n) is 4.35. The van der Waals surface area contributed by atoms with Crippen molar-refractivity contribution in [3.8, 4) is 0 Å². The smallest absolute Gasteiger partial charge is 0.305 e. The lowest BCUT2D eigenvalue weighted by atomic mass is 10.2. The number of hydrogen-bond acceptors (Lipinski definition) is 3. The van der Waals surface area contributed by atoms with Gasteiger partial charge in [-0.3, -0.25) is 4.79 Å². The Bertz CT molecular complexity index is 148. The first-order chi connectivity index (χ1) is 5.92. The lowest BCUT2D eigenvalue weighted by Gasteiger charge is -2.19. The molecule has 4 heteroatoms. The molecule has 4 nitrogen and oxygen atoms in total. The van der Waals surface area contributed by atoms with Crippen LogP contribution < -0.4 is 0 Å². The summed E-state index contributed by atoms with van der Waals surface area (Å²) in [7, 11) is 0. The van der Waals surface area contributed by atoms with Crippen LogP contribution in [-0.2, 0) is 14.3 Å². The van der Waals surface area contributed by atoms with Gasteiger partial charge in [0.2, 0.25) is 0 Å². The van der Waals surface area contributed by atoms with Crippen LogP contribution in [0.5, 0.6) is 0 Å². The fraction of sp³-hybridized carbons (Fsp3) is 0.889. The largest absolute Gasteiger partial charge is 0.481 e. The van der Waals surface area contributed by atoms with Gasteiger partial charge in [0.25, 0.3) is 0 Å². The number of carbonyl (C=O) groups is 1. The highest BCUT2D eigenvalue weighted by Crippen LogP contribution is 2.05. The van der Waals surface area contributed by atoms with Crippen LogP contribution >= 0.6 is 0 Å². The molecule has 0 saturated heterocycles. The van der Waals surface area contributed by atoms with Crippen molar-refractivity contribution in [1.82, 2.24) is 0 Å². The third-order valence-corrected chi connectivity index (χ3v) is 1.22. The highest BCUT2D eigenvalue weighted by atomic mass is 16.5. The molecule has 0 aromatic carbocycles. The molecule has 0 spiro atoms. The summed E-state index contributed by atoms with van der Waals surface area (Å²) in [4.78, 5) is 10.1. The van der Waals surface area contributed by atoms with Crippen LogP contribution in [0.1, 0.15) is 27.2 Å². The van der Waals surface area contributed by atoms with Gasteiger partial charge in [-0.05, 0) is 20.8 Å². The van der Waals surface area contributed by atoms with Gasteiger partial charge in [-0.2, -0.15) is 0 Å². The first kappa shape index (κ1) is 12.4. The van der Waals surface area contributed by atoms with Crippen LogP contribution in [0.2, 0.25) is 0 Å². The van der Waals surface area contributed by atoms with Crippen molar-refractivity contribution in [1.29, 1.82) is 0 Å². The molecule has 0 rings (SSSR count). The number of rotatable bonds is 6. The van der Waals surface area contributed by atoms with E-state index < -0.39 is 5.97 Å². The van der Waals surface area contributed by atoms with E-state index >= 15 is 0 Å². The van der Waals surface area contributed by atoms with E-state index in [1.54, 1.807) is 0 Å². The highest BCUT2D eigenvalue weighted by molar-refractivity contribution is 5.66. The van der Waals surface area contributed by atoms with E-state index in [0.29, 0.717) is 13.2 Å². The van der Waals surface area contributed by atoms with Crippen LogP contribution in [0, 0.1) is 0 Å². The molecule has 0 aliphatic heterocycles. The minimum Gasteiger partial charge on any atom is -0.481 e. The number of carboxylic acids is 1. The van der Waals surface area contributed by atoms with Crippen molar-refractivity contribution < 1.29 is 19.4 Å². The van der Waals surface area contributed by atoms with Crippen molar-refractivity contribution >= 4 is 5.97 Å². The lowest BCUT2D eigenvalue weighted by Crippen LogP contribution is -2.22. The van der Waals surface area contributed by atoms with Gasteiger partial charge in [0.1, 0.15) is 0 Å². The minimum atomic E-state index is -0.836. The molecule has 0 aliphatic carbocycles. The molecule has 0 saturated carbocycles. The van der Waals surface area contributed by atoms with Gasteiger partial charge in [0, 0.05) is 0 Å². The Morgan fingerprint density at radius 2 is 1.85 bits per heavy atom. The van der Waals surface area contributed by atoms with Crippen LogP contribution in [-0.4, -0.2) is 36.5 Å². The van der Waals surface area contributed by atoms with Crippen molar-refractivity contribution in [2.45, 2.75) is 32.8 Å². The van der Waals surface area contributed by atoms with E-state index in [-0.39, 0.29) is 18.6 Å². The summed E-state index contributed by atoms with van der Waals surface area (Å²) >= 11 is 0. The molecule has 13 heavy (non-hydrogen) atoms. The zero-order valence-corrected chi connectivity index (χ0v) is 8.50. The zero-order valence-electron chi connectivity index (χ0n) is 8.50. The average molecular weight is 190 g/mol. The summed E-state index contributed by atoms with van der Waals surface area (Å²) in [6, 6.07) is 0. The average Bonchev–Trinajstić information content (AvgIpc) is 1.93. The second-order valence-corrected chi connectivity index (χ2v) is 3.72. The van der Waals surface area contributed by atoms with Gasteiger partial charge in [0.05, 0.1) is 31.8 Å². The molecule has 1 N–H and O–H groups in total. The number of aliphatic carboxylic acids is 1. The molecule has 0 unspecified atom stereocenters. The monoisotopic (exact) mass is 190 g/mol. The SMILES string of the molecule is CC(C)(C)OCCOCCC(=O)O. The molecule has 0 fully saturated rings. The minimum absolute atomic E-state index is 0.0511. The Balaban J connectivity index is 3.13. The standard InChI is InChI=1S/C9H18O4/c1-9(2,3)13-7-6-12-5-4-8(10)11/h4-7H2,1-3H3,(H,10,11). The second kappa shape index (κ2) is 5.94. The van der Waals surface area contributed by atoms with E-state index in [1.807, 2.05) is 20.8 Å². The van der Waals surface area contributed by atoms with Gasteiger partial charge >= 0.3 is 5.97 Å². The Labute approximate surface area is 78.8 Å². The molecule has 0 aromatic rings. The second-order valence-electron chi connectivity index (χ2n) is 3.72. The van der Waals surface area contributed by atoms with E-state index in [4.69, 9.17) is 14.6 Å². The van der Waals surface area contributed by atoms with Crippen molar-refractivity contribution in [3.05, 3.63) is 0 Å². The van der Waals surface area contributed by atoms with Crippen molar-refractivity contribution in [2.24, 2.45) is 0 Å². The highest BCUT2D eigenvalue weighted by Gasteiger charge is 2.08. The quantitative estimate of drug-likeness (QED) is 0.641. The molecule has 0 aliphatic rings. The Kier molecular flexibility index (Phi) is 5.66. The Morgan fingerprint density at radius 1 is 1.23 bits per heavy atom. The van der Waals surface area contributed by atoms with Gasteiger partial charge in [-0.1, -0.05) is 0 Å². The maximum atomic E-state index is 10.1. The van der Waals surface area contributed by atoms with Crippen LogP contribution in [0.4, 0.5) is 0 Å². The summed E-state index contributed by atoms with van der Waals surface area (Å²) in [5, 5.41) is 8.29. The van der Waals surface area contributed by atoms with Gasteiger partial charge in [0.15, 0.2) is 0 Å². The molecule has 0 bridgehead atoms. The molecular weight excluding hydrogens is 172 g/mol. The topological polar surface area (TPSA) is 55.8 Å². The molecule has 0 radical (unpaired) electrons. The maximum Gasteiger partial charge on any atom is 0.305 e. The number of ether oxygens (including phenoxy) is 2. The molecule has 0 atom stereocenters. The lowest BCUT2D eigenvalue weighted by molar-refractivity contribution is -0.138. The molecule has 0 amide bonds. The van der Waals surface area contributed by atoms with Crippen molar-refractivity contribution in [2.75, 3.05) is 19.8 Å². The van der Waals surface area contributed by atoms with Gasteiger partial charge < -0.3 is 14.6 Å². The van der Waals surface area contributed by atoms with Crippen LogP contribution in [0.3, 0.4) is 0 Å². The fourth-order valence-corrected chi connectivity index (χ4v) is 0.668. The molecular formula is C9H18O4.